The predicted molar refractivity (Wildman–Crippen MR) is 106 cm³/mol. The van der Waals surface area contributed by atoms with Crippen molar-refractivity contribution in [3.8, 4) is 5.75 Å². The Kier molecular flexibility index (Phi) is 5.73. The molecule has 1 heterocycles. The zero-order valence-electron chi connectivity index (χ0n) is 15.1. The molecular weight excluding hydrogens is 387 g/mol. The van der Waals surface area contributed by atoms with Crippen LogP contribution in [0.2, 0.25) is 10.0 Å². The minimum Gasteiger partial charge on any atom is -0.488 e. The molecule has 140 valence electrons. The minimum absolute atomic E-state index is 0.147. The van der Waals surface area contributed by atoms with Crippen LogP contribution in [0.1, 0.15) is 32.9 Å². The van der Waals surface area contributed by atoms with Gasteiger partial charge in [0.05, 0.1) is 21.3 Å². The van der Waals surface area contributed by atoms with E-state index >= 15 is 0 Å². The highest BCUT2D eigenvalue weighted by Crippen LogP contribution is 2.30. The molecule has 1 amide bonds. The molecule has 0 saturated carbocycles. The van der Waals surface area contributed by atoms with Gasteiger partial charge in [0.2, 0.25) is 0 Å². The standard InChI is InChI=1S/C20H18Cl2N2O3/c1-11-7-8-12(2)17(9-11)26-10-14-13(3)27-24-19(14)20(25)23-16-6-4-5-15(21)18(16)22/h4-9H,10H2,1-3H3,(H,23,25). The molecule has 1 aromatic heterocycles. The SMILES string of the molecule is Cc1ccc(C)c(OCc2c(C(=O)Nc3cccc(Cl)c3Cl)noc2C)c1. The van der Waals surface area contributed by atoms with Crippen LogP contribution < -0.4 is 10.1 Å². The maximum absolute atomic E-state index is 12.7. The maximum Gasteiger partial charge on any atom is 0.278 e. The number of nitrogens with one attached hydrogen (secondary N) is 1. The smallest absolute Gasteiger partial charge is 0.278 e. The minimum atomic E-state index is -0.449. The summed E-state index contributed by atoms with van der Waals surface area (Å²) >= 11 is 12.1. The average molecular weight is 405 g/mol. The third kappa shape index (κ3) is 4.26. The van der Waals surface area contributed by atoms with Gasteiger partial charge >= 0.3 is 0 Å². The molecule has 27 heavy (non-hydrogen) atoms. The molecule has 1 N–H and O–H groups in total. The number of halogens is 2. The van der Waals surface area contributed by atoms with Gasteiger partial charge in [0, 0.05) is 0 Å². The van der Waals surface area contributed by atoms with E-state index in [1.165, 1.54) is 0 Å². The summed E-state index contributed by atoms with van der Waals surface area (Å²) in [5.41, 5.74) is 3.22. The molecule has 7 heteroatoms. The number of benzene rings is 2. The zero-order valence-corrected chi connectivity index (χ0v) is 16.6. The summed E-state index contributed by atoms with van der Waals surface area (Å²) < 4.78 is 11.1. The lowest BCUT2D eigenvalue weighted by Crippen LogP contribution is -2.15. The van der Waals surface area contributed by atoms with Gasteiger partial charge in [-0.1, -0.05) is 46.6 Å². The highest BCUT2D eigenvalue weighted by atomic mass is 35.5. The van der Waals surface area contributed by atoms with Crippen molar-refractivity contribution >= 4 is 34.8 Å². The Morgan fingerprint density at radius 2 is 1.96 bits per heavy atom. The number of anilines is 1. The molecule has 5 nitrogen and oxygen atoms in total. The van der Waals surface area contributed by atoms with Gasteiger partial charge in [0.15, 0.2) is 5.69 Å². The zero-order chi connectivity index (χ0) is 19.6. The first kappa shape index (κ1) is 19.3. The second kappa shape index (κ2) is 8.03. The van der Waals surface area contributed by atoms with Crippen molar-refractivity contribution in [1.29, 1.82) is 0 Å². The molecule has 0 spiro atoms. The van der Waals surface area contributed by atoms with E-state index in [0.717, 1.165) is 16.9 Å². The number of carbonyl (C=O) groups is 1. The van der Waals surface area contributed by atoms with E-state index in [1.54, 1.807) is 25.1 Å². The molecule has 0 aliphatic rings. The molecule has 3 aromatic rings. The molecule has 0 atom stereocenters. The van der Waals surface area contributed by atoms with Crippen LogP contribution in [0.15, 0.2) is 40.9 Å². The van der Waals surface area contributed by atoms with E-state index in [9.17, 15) is 4.79 Å². The number of amides is 1. The second-order valence-corrected chi connectivity index (χ2v) is 6.96. The van der Waals surface area contributed by atoms with Crippen LogP contribution in [0.3, 0.4) is 0 Å². The monoisotopic (exact) mass is 404 g/mol. The molecular formula is C20H18Cl2N2O3. The lowest BCUT2D eigenvalue weighted by Gasteiger charge is -2.11. The number of rotatable bonds is 5. The van der Waals surface area contributed by atoms with Gasteiger partial charge in [-0.3, -0.25) is 4.79 Å². The quantitative estimate of drug-likeness (QED) is 0.588. The fourth-order valence-electron chi connectivity index (χ4n) is 2.53. The summed E-state index contributed by atoms with van der Waals surface area (Å²) in [5, 5.41) is 7.20. The van der Waals surface area contributed by atoms with Crippen molar-refractivity contribution in [2.24, 2.45) is 0 Å². The van der Waals surface area contributed by atoms with Gasteiger partial charge in [-0.05, 0) is 50.1 Å². The summed E-state index contributed by atoms with van der Waals surface area (Å²) in [6.45, 7) is 5.85. The maximum atomic E-state index is 12.7. The molecule has 2 aromatic carbocycles. The molecule has 0 bridgehead atoms. The Balaban J connectivity index is 1.80. The van der Waals surface area contributed by atoms with Gasteiger partial charge in [-0.25, -0.2) is 0 Å². The number of aromatic nitrogens is 1. The van der Waals surface area contributed by atoms with Crippen LogP contribution in [0.4, 0.5) is 5.69 Å². The Morgan fingerprint density at radius 1 is 1.19 bits per heavy atom. The first-order valence-electron chi connectivity index (χ1n) is 8.27. The summed E-state index contributed by atoms with van der Waals surface area (Å²) in [5.74, 6) is 0.818. The van der Waals surface area contributed by atoms with Crippen molar-refractivity contribution in [3.63, 3.8) is 0 Å². The molecule has 0 unspecified atom stereocenters. The molecule has 3 rings (SSSR count). The number of aryl methyl sites for hydroxylation is 3. The van der Waals surface area contributed by atoms with Crippen molar-refractivity contribution < 1.29 is 14.1 Å². The summed E-state index contributed by atoms with van der Waals surface area (Å²) in [4.78, 5) is 12.7. The molecule has 0 radical (unpaired) electrons. The predicted octanol–water partition coefficient (Wildman–Crippen LogP) is 5.74. The number of hydrogen-bond donors (Lipinski definition) is 1. The topological polar surface area (TPSA) is 64.4 Å². The van der Waals surface area contributed by atoms with E-state index in [1.807, 2.05) is 32.0 Å². The molecule has 0 aliphatic carbocycles. The van der Waals surface area contributed by atoms with E-state index in [0.29, 0.717) is 22.0 Å². The molecule has 0 saturated heterocycles. The molecule has 0 aliphatic heterocycles. The summed E-state index contributed by atoms with van der Waals surface area (Å²) in [7, 11) is 0. The number of nitrogens with zero attached hydrogens (tertiary/aromatic N) is 1. The van der Waals surface area contributed by atoms with Crippen LogP contribution in [-0.4, -0.2) is 11.1 Å². The number of carbonyl (C=O) groups excluding carboxylic acids is 1. The van der Waals surface area contributed by atoms with Crippen molar-refractivity contribution in [3.05, 3.63) is 74.6 Å². The van der Waals surface area contributed by atoms with Crippen LogP contribution in [0, 0.1) is 20.8 Å². The van der Waals surface area contributed by atoms with Crippen molar-refractivity contribution in [2.75, 3.05) is 5.32 Å². The number of hydrogen-bond acceptors (Lipinski definition) is 4. The van der Waals surface area contributed by atoms with Gasteiger partial charge in [-0.2, -0.15) is 0 Å². The summed E-state index contributed by atoms with van der Waals surface area (Å²) in [6, 6.07) is 10.9. The largest absolute Gasteiger partial charge is 0.488 e. The van der Waals surface area contributed by atoms with Gasteiger partial charge in [-0.15, -0.1) is 0 Å². The lowest BCUT2D eigenvalue weighted by molar-refractivity contribution is 0.101. The Labute approximate surface area is 167 Å². The second-order valence-electron chi connectivity index (χ2n) is 6.18. The third-order valence-corrected chi connectivity index (χ3v) is 4.93. The van der Waals surface area contributed by atoms with Crippen LogP contribution in [0.25, 0.3) is 0 Å². The first-order valence-corrected chi connectivity index (χ1v) is 9.03. The molecule has 0 fully saturated rings. The van der Waals surface area contributed by atoms with E-state index in [-0.39, 0.29) is 17.3 Å². The highest BCUT2D eigenvalue weighted by molar-refractivity contribution is 6.44. The lowest BCUT2D eigenvalue weighted by atomic mass is 10.1. The first-order chi connectivity index (χ1) is 12.9. The Hall–Kier alpha value is -2.50. The van der Waals surface area contributed by atoms with E-state index < -0.39 is 5.91 Å². The highest BCUT2D eigenvalue weighted by Gasteiger charge is 2.21. The third-order valence-electron chi connectivity index (χ3n) is 4.12. The van der Waals surface area contributed by atoms with Crippen LogP contribution in [-0.2, 0) is 6.61 Å². The fraction of sp³-hybridized carbons (Fsp3) is 0.200. The Bertz CT molecular complexity index is 999. The van der Waals surface area contributed by atoms with Gasteiger partial charge in [0.1, 0.15) is 18.1 Å². The Morgan fingerprint density at radius 3 is 2.74 bits per heavy atom. The van der Waals surface area contributed by atoms with Gasteiger partial charge in [0.25, 0.3) is 5.91 Å². The number of ether oxygens (including phenoxy) is 1. The average Bonchev–Trinajstić information content (AvgIpc) is 3.00. The van der Waals surface area contributed by atoms with Crippen molar-refractivity contribution in [2.45, 2.75) is 27.4 Å². The normalized spacial score (nSPS) is 10.7. The van der Waals surface area contributed by atoms with Gasteiger partial charge < -0.3 is 14.6 Å². The fourth-order valence-corrected chi connectivity index (χ4v) is 2.88. The summed E-state index contributed by atoms with van der Waals surface area (Å²) in [6.07, 6.45) is 0. The van der Waals surface area contributed by atoms with E-state index in [2.05, 4.69) is 10.5 Å². The van der Waals surface area contributed by atoms with Crippen molar-refractivity contribution in [1.82, 2.24) is 5.16 Å². The van der Waals surface area contributed by atoms with Crippen LogP contribution in [0.5, 0.6) is 5.75 Å². The van der Waals surface area contributed by atoms with E-state index in [4.69, 9.17) is 32.5 Å². The van der Waals surface area contributed by atoms with Crippen LogP contribution >= 0.6 is 23.2 Å².